The van der Waals surface area contributed by atoms with Crippen molar-refractivity contribution in [3.05, 3.63) is 17.7 Å². The highest BCUT2D eigenvalue weighted by Crippen LogP contribution is 2.01. The van der Waals surface area contributed by atoms with Crippen molar-refractivity contribution in [3.8, 4) is 0 Å². The molecule has 0 saturated heterocycles. The lowest BCUT2D eigenvalue weighted by Gasteiger charge is -1.93. The Bertz CT molecular complexity index is 248. The minimum atomic E-state index is 1.10. The van der Waals surface area contributed by atoms with Crippen LogP contribution in [-0.2, 0) is 26.9 Å². The van der Waals surface area contributed by atoms with E-state index in [2.05, 4.69) is 43.3 Å². The topological polar surface area (TPSA) is 8.81 Å². The molecule has 0 N–H and O–H groups in total. The van der Waals surface area contributed by atoms with Crippen LogP contribution >= 0.6 is 0 Å². The lowest BCUT2D eigenvalue weighted by Crippen LogP contribution is -2.31. The van der Waals surface area contributed by atoms with Crippen LogP contribution in [0.2, 0.25) is 0 Å². The van der Waals surface area contributed by atoms with Gasteiger partial charge in [-0.25, -0.2) is 9.13 Å². The van der Waals surface area contributed by atoms with Crippen LogP contribution in [0.25, 0.3) is 0 Å². The third-order valence-electron chi connectivity index (χ3n) is 2.25. The Hall–Kier alpha value is -0.790. The van der Waals surface area contributed by atoms with Crippen LogP contribution in [-0.4, -0.2) is 4.57 Å². The van der Waals surface area contributed by atoms with Gasteiger partial charge in [-0.15, -0.1) is 0 Å². The van der Waals surface area contributed by atoms with Crippen molar-refractivity contribution in [2.45, 2.75) is 26.7 Å². The van der Waals surface area contributed by atoms with Crippen molar-refractivity contribution in [2.24, 2.45) is 14.1 Å². The van der Waals surface area contributed by atoms with E-state index in [0.717, 1.165) is 12.8 Å². The summed E-state index contributed by atoms with van der Waals surface area (Å²) in [5.41, 5.74) is 1.41. The molecule has 0 spiro atoms. The summed E-state index contributed by atoms with van der Waals surface area (Å²) in [7, 11) is 4.25. The van der Waals surface area contributed by atoms with Gasteiger partial charge in [0.2, 0.25) is 0 Å². The predicted octanol–water partition coefficient (Wildman–Crippen LogP) is 0.974. The molecule has 11 heavy (non-hydrogen) atoms. The number of imidazole rings is 1. The SMILES string of the molecule is CCc1c[n+](C)c(CC)n1C. The molecule has 0 aliphatic heterocycles. The second-order valence-corrected chi connectivity index (χ2v) is 2.91. The molecule has 2 heteroatoms. The van der Waals surface area contributed by atoms with E-state index in [4.69, 9.17) is 0 Å². The van der Waals surface area contributed by atoms with Gasteiger partial charge < -0.3 is 0 Å². The highest BCUT2D eigenvalue weighted by atomic mass is 15.1. The van der Waals surface area contributed by atoms with Gasteiger partial charge >= 0.3 is 0 Å². The molecule has 1 aromatic heterocycles. The molecular formula is C9H17N2+. The Morgan fingerprint density at radius 2 is 2.00 bits per heavy atom. The third kappa shape index (κ3) is 1.30. The summed E-state index contributed by atoms with van der Waals surface area (Å²) in [6.07, 6.45) is 4.43. The Morgan fingerprint density at radius 3 is 2.27 bits per heavy atom. The van der Waals surface area contributed by atoms with E-state index < -0.39 is 0 Å². The van der Waals surface area contributed by atoms with E-state index in [1.807, 2.05) is 0 Å². The summed E-state index contributed by atoms with van der Waals surface area (Å²) >= 11 is 0. The quantitative estimate of drug-likeness (QED) is 0.560. The molecule has 0 unspecified atom stereocenters. The zero-order valence-corrected chi connectivity index (χ0v) is 7.89. The van der Waals surface area contributed by atoms with Crippen LogP contribution in [0.15, 0.2) is 6.20 Å². The summed E-state index contributed by atoms with van der Waals surface area (Å²) in [6.45, 7) is 4.38. The normalized spacial score (nSPS) is 10.5. The molecule has 0 amide bonds. The molecule has 1 rings (SSSR count). The van der Waals surface area contributed by atoms with Crippen molar-refractivity contribution in [1.29, 1.82) is 0 Å². The summed E-state index contributed by atoms with van der Waals surface area (Å²) in [6, 6.07) is 0. The van der Waals surface area contributed by atoms with Gasteiger partial charge in [0.25, 0.3) is 5.82 Å². The number of aromatic nitrogens is 2. The summed E-state index contributed by atoms with van der Waals surface area (Å²) in [4.78, 5) is 0. The fourth-order valence-corrected chi connectivity index (χ4v) is 1.60. The van der Waals surface area contributed by atoms with Crippen LogP contribution in [0.4, 0.5) is 0 Å². The first-order valence-corrected chi connectivity index (χ1v) is 4.23. The standard InChI is InChI=1S/C9H17N2/c1-5-8-7-10(3)9(6-2)11(8)4/h7H,5-6H2,1-4H3/q+1. The molecule has 0 aromatic carbocycles. The molecule has 0 aliphatic carbocycles. The molecule has 1 aromatic rings. The molecule has 0 saturated carbocycles. The van der Waals surface area contributed by atoms with Crippen LogP contribution in [0.3, 0.4) is 0 Å². The smallest absolute Gasteiger partial charge is 0.237 e. The number of aryl methyl sites for hydroxylation is 2. The van der Waals surface area contributed by atoms with Gasteiger partial charge in [0.05, 0.1) is 14.1 Å². The molecule has 62 valence electrons. The minimum Gasteiger partial charge on any atom is -0.237 e. The maximum atomic E-state index is 2.28. The van der Waals surface area contributed by atoms with Crippen molar-refractivity contribution >= 4 is 0 Å². The van der Waals surface area contributed by atoms with E-state index >= 15 is 0 Å². The minimum absolute atomic E-state index is 1.10. The monoisotopic (exact) mass is 153 g/mol. The van der Waals surface area contributed by atoms with E-state index in [9.17, 15) is 0 Å². The summed E-state index contributed by atoms with van der Waals surface area (Å²) in [5, 5.41) is 0. The van der Waals surface area contributed by atoms with Gasteiger partial charge in [-0.1, -0.05) is 13.8 Å². The van der Waals surface area contributed by atoms with Gasteiger partial charge in [0.15, 0.2) is 0 Å². The lowest BCUT2D eigenvalue weighted by atomic mass is 10.4. The lowest BCUT2D eigenvalue weighted by molar-refractivity contribution is -0.678. The van der Waals surface area contributed by atoms with Gasteiger partial charge in [-0.05, 0) is 0 Å². The Kier molecular flexibility index (Phi) is 2.32. The van der Waals surface area contributed by atoms with Gasteiger partial charge in [0.1, 0.15) is 11.9 Å². The molecule has 1 heterocycles. The Labute approximate surface area is 68.5 Å². The summed E-state index contributed by atoms with van der Waals surface area (Å²) < 4.78 is 4.48. The zero-order valence-electron chi connectivity index (χ0n) is 7.89. The average molecular weight is 153 g/mol. The van der Waals surface area contributed by atoms with Crippen LogP contribution in [0, 0.1) is 0 Å². The van der Waals surface area contributed by atoms with Crippen LogP contribution < -0.4 is 4.57 Å². The number of rotatable bonds is 2. The molecule has 0 bridgehead atoms. The number of hydrogen-bond donors (Lipinski definition) is 0. The van der Waals surface area contributed by atoms with Crippen molar-refractivity contribution in [3.63, 3.8) is 0 Å². The second-order valence-electron chi connectivity index (χ2n) is 2.91. The largest absolute Gasteiger partial charge is 0.255 e. The highest BCUT2D eigenvalue weighted by molar-refractivity contribution is 4.97. The highest BCUT2D eigenvalue weighted by Gasteiger charge is 2.13. The first kappa shape index (κ1) is 8.31. The maximum Gasteiger partial charge on any atom is 0.255 e. The van der Waals surface area contributed by atoms with E-state index in [1.165, 1.54) is 11.5 Å². The fraction of sp³-hybridized carbons (Fsp3) is 0.667. The summed E-state index contributed by atoms with van der Waals surface area (Å²) in [5.74, 6) is 1.39. The number of hydrogen-bond acceptors (Lipinski definition) is 0. The van der Waals surface area contributed by atoms with Gasteiger partial charge in [0, 0.05) is 12.8 Å². The van der Waals surface area contributed by atoms with E-state index in [1.54, 1.807) is 0 Å². The predicted molar refractivity (Wildman–Crippen MR) is 45.3 cm³/mol. The van der Waals surface area contributed by atoms with Crippen LogP contribution in [0.1, 0.15) is 25.4 Å². The van der Waals surface area contributed by atoms with Crippen molar-refractivity contribution < 1.29 is 4.57 Å². The second kappa shape index (κ2) is 3.07. The molecule has 0 radical (unpaired) electrons. The third-order valence-corrected chi connectivity index (χ3v) is 2.25. The fourth-order valence-electron chi connectivity index (χ4n) is 1.60. The van der Waals surface area contributed by atoms with E-state index in [0.29, 0.717) is 0 Å². The van der Waals surface area contributed by atoms with Crippen molar-refractivity contribution in [1.82, 2.24) is 4.57 Å². The van der Waals surface area contributed by atoms with Gasteiger partial charge in [-0.2, -0.15) is 0 Å². The Balaban J connectivity index is 3.14. The van der Waals surface area contributed by atoms with Crippen LogP contribution in [0.5, 0.6) is 0 Å². The molecule has 2 nitrogen and oxygen atoms in total. The average Bonchev–Trinajstić information content (AvgIpc) is 2.26. The zero-order chi connectivity index (χ0) is 8.43. The Morgan fingerprint density at radius 1 is 1.36 bits per heavy atom. The maximum absolute atomic E-state index is 2.28. The number of nitrogens with zero attached hydrogens (tertiary/aromatic N) is 2. The molecule has 0 fully saturated rings. The van der Waals surface area contributed by atoms with Gasteiger partial charge in [-0.3, -0.25) is 0 Å². The first-order chi connectivity index (χ1) is 5.20. The van der Waals surface area contributed by atoms with E-state index in [-0.39, 0.29) is 0 Å². The molecule has 0 aliphatic rings. The first-order valence-electron chi connectivity index (χ1n) is 4.23. The molecule has 0 atom stereocenters. The molecular weight excluding hydrogens is 136 g/mol. The van der Waals surface area contributed by atoms with Crippen molar-refractivity contribution in [2.75, 3.05) is 0 Å².